The molecule has 0 radical (unpaired) electrons. The first-order valence-electron chi connectivity index (χ1n) is 4.39. The summed E-state index contributed by atoms with van der Waals surface area (Å²) in [5.74, 6) is 0.759. The fraction of sp³-hybridized carbons (Fsp3) is 0.0909. The quantitative estimate of drug-likeness (QED) is 0.717. The van der Waals surface area contributed by atoms with E-state index in [0.29, 0.717) is 11.3 Å². The Bertz CT molecular complexity index is 459. The van der Waals surface area contributed by atoms with E-state index in [1.165, 1.54) is 6.26 Å². The summed E-state index contributed by atoms with van der Waals surface area (Å²) in [4.78, 5) is 10.7. The van der Waals surface area contributed by atoms with Crippen LogP contribution in [0.25, 0.3) is 11.3 Å². The summed E-state index contributed by atoms with van der Waals surface area (Å²) < 4.78 is 9.76. The van der Waals surface area contributed by atoms with Gasteiger partial charge in [-0.2, -0.15) is 0 Å². The SMILES string of the molecule is COc1ccc(-c2nocc2C=O)cc1. The molecule has 0 aliphatic carbocycles. The number of nitrogens with zero attached hydrogens (tertiary/aromatic N) is 1. The van der Waals surface area contributed by atoms with Crippen molar-refractivity contribution in [3.8, 4) is 17.0 Å². The zero-order valence-electron chi connectivity index (χ0n) is 8.14. The van der Waals surface area contributed by atoms with Gasteiger partial charge in [-0.1, -0.05) is 5.16 Å². The van der Waals surface area contributed by atoms with E-state index in [2.05, 4.69) is 5.16 Å². The van der Waals surface area contributed by atoms with Gasteiger partial charge >= 0.3 is 0 Å². The summed E-state index contributed by atoms with van der Waals surface area (Å²) >= 11 is 0. The summed E-state index contributed by atoms with van der Waals surface area (Å²) in [5, 5.41) is 3.77. The maximum Gasteiger partial charge on any atom is 0.155 e. The molecule has 1 aromatic carbocycles. The van der Waals surface area contributed by atoms with Gasteiger partial charge in [-0.05, 0) is 24.3 Å². The maximum absolute atomic E-state index is 10.7. The molecular formula is C11H9NO3. The number of aromatic nitrogens is 1. The molecule has 4 heteroatoms. The molecule has 2 rings (SSSR count). The first kappa shape index (κ1) is 9.45. The molecule has 4 nitrogen and oxygen atoms in total. The Hall–Kier alpha value is -2.10. The van der Waals surface area contributed by atoms with Crippen LogP contribution in [0, 0.1) is 0 Å². The fourth-order valence-corrected chi connectivity index (χ4v) is 1.30. The number of carbonyl (C=O) groups excluding carboxylic acids is 1. The minimum absolute atomic E-state index is 0.445. The van der Waals surface area contributed by atoms with Crippen molar-refractivity contribution in [3.05, 3.63) is 36.1 Å². The van der Waals surface area contributed by atoms with Crippen LogP contribution in [0.3, 0.4) is 0 Å². The number of methoxy groups -OCH3 is 1. The first-order valence-corrected chi connectivity index (χ1v) is 4.39. The molecule has 0 saturated carbocycles. The molecule has 0 bridgehead atoms. The molecule has 1 heterocycles. The number of rotatable bonds is 3. The van der Waals surface area contributed by atoms with Crippen LogP contribution in [0.1, 0.15) is 10.4 Å². The smallest absolute Gasteiger partial charge is 0.155 e. The second-order valence-corrected chi connectivity index (χ2v) is 2.96. The largest absolute Gasteiger partial charge is 0.497 e. The molecule has 0 aliphatic heterocycles. The highest BCUT2D eigenvalue weighted by atomic mass is 16.5. The lowest BCUT2D eigenvalue weighted by Gasteiger charge is -2.00. The number of carbonyl (C=O) groups is 1. The predicted octanol–water partition coefficient (Wildman–Crippen LogP) is 2.16. The van der Waals surface area contributed by atoms with Crippen LogP contribution in [0.4, 0.5) is 0 Å². The molecule has 2 aromatic rings. The monoisotopic (exact) mass is 203 g/mol. The lowest BCUT2D eigenvalue weighted by atomic mass is 10.1. The summed E-state index contributed by atoms with van der Waals surface area (Å²) in [6.45, 7) is 0. The normalized spacial score (nSPS) is 9.93. The molecule has 0 fully saturated rings. The number of hydrogen-bond donors (Lipinski definition) is 0. The Morgan fingerprint density at radius 2 is 2.07 bits per heavy atom. The summed E-state index contributed by atoms with van der Waals surface area (Å²) in [7, 11) is 1.60. The van der Waals surface area contributed by atoms with Gasteiger partial charge in [0.1, 0.15) is 17.7 Å². The van der Waals surface area contributed by atoms with E-state index in [9.17, 15) is 4.79 Å². The average Bonchev–Trinajstić information content (AvgIpc) is 2.77. The van der Waals surface area contributed by atoms with Crippen LogP contribution >= 0.6 is 0 Å². The highest BCUT2D eigenvalue weighted by molar-refractivity contribution is 5.84. The molecule has 1 aromatic heterocycles. The summed E-state index contributed by atoms with van der Waals surface area (Å²) in [6, 6.07) is 7.25. The Morgan fingerprint density at radius 1 is 1.33 bits per heavy atom. The summed E-state index contributed by atoms with van der Waals surface area (Å²) in [5.41, 5.74) is 1.82. The Labute approximate surface area is 86.5 Å². The number of hydrogen-bond acceptors (Lipinski definition) is 4. The van der Waals surface area contributed by atoms with Crippen LogP contribution in [0.5, 0.6) is 5.75 Å². The third-order valence-electron chi connectivity index (χ3n) is 2.09. The molecule has 0 spiro atoms. The van der Waals surface area contributed by atoms with E-state index in [-0.39, 0.29) is 0 Å². The second-order valence-electron chi connectivity index (χ2n) is 2.96. The zero-order chi connectivity index (χ0) is 10.7. The van der Waals surface area contributed by atoms with Gasteiger partial charge in [0.15, 0.2) is 6.29 Å². The van der Waals surface area contributed by atoms with Crippen molar-refractivity contribution in [1.82, 2.24) is 5.16 Å². The lowest BCUT2D eigenvalue weighted by Crippen LogP contribution is -1.85. The molecule has 0 aliphatic rings. The van der Waals surface area contributed by atoms with Gasteiger partial charge in [0.2, 0.25) is 0 Å². The summed E-state index contributed by atoms with van der Waals surface area (Å²) in [6.07, 6.45) is 2.04. The molecule has 0 saturated heterocycles. The van der Waals surface area contributed by atoms with Crippen LogP contribution < -0.4 is 4.74 Å². The Morgan fingerprint density at radius 3 is 2.67 bits per heavy atom. The molecular weight excluding hydrogens is 194 g/mol. The molecule has 0 N–H and O–H groups in total. The Balaban J connectivity index is 2.41. The van der Waals surface area contributed by atoms with Crippen LogP contribution in [-0.2, 0) is 0 Å². The van der Waals surface area contributed by atoms with Gasteiger partial charge < -0.3 is 9.26 Å². The van der Waals surface area contributed by atoms with Gasteiger partial charge in [-0.25, -0.2) is 0 Å². The van der Waals surface area contributed by atoms with E-state index < -0.39 is 0 Å². The van der Waals surface area contributed by atoms with E-state index in [0.717, 1.165) is 17.6 Å². The third-order valence-corrected chi connectivity index (χ3v) is 2.09. The van der Waals surface area contributed by atoms with Crippen LogP contribution in [0.15, 0.2) is 35.1 Å². The lowest BCUT2D eigenvalue weighted by molar-refractivity contribution is 0.112. The fourth-order valence-electron chi connectivity index (χ4n) is 1.30. The Kier molecular flexibility index (Phi) is 2.49. The third kappa shape index (κ3) is 1.74. The van der Waals surface area contributed by atoms with Gasteiger partial charge in [0.25, 0.3) is 0 Å². The van der Waals surface area contributed by atoms with E-state index in [1.807, 2.05) is 12.1 Å². The zero-order valence-corrected chi connectivity index (χ0v) is 8.14. The van der Waals surface area contributed by atoms with Crippen molar-refractivity contribution in [2.24, 2.45) is 0 Å². The average molecular weight is 203 g/mol. The van der Waals surface area contributed by atoms with Gasteiger partial charge in [0.05, 0.1) is 12.7 Å². The maximum atomic E-state index is 10.7. The minimum atomic E-state index is 0.445. The molecule has 0 amide bonds. The topological polar surface area (TPSA) is 52.3 Å². The second kappa shape index (κ2) is 3.96. The van der Waals surface area contributed by atoms with Gasteiger partial charge in [0, 0.05) is 5.56 Å². The highest BCUT2D eigenvalue weighted by Gasteiger charge is 2.08. The van der Waals surface area contributed by atoms with Crippen LogP contribution in [-0.4, -0.2) is 18.6 Å². The first-order chi connectivity index (χ1) is 7.35. The number of aldehydes is 1. The molecule has 0 atom stereocenters. The van der Waals surface area contributed by atoms with Crippen molar-refractivity contribution < 1.29 is 14.1 Å². The standard InChI is InChI=1S/C11H9NO3/c1-14-10-4-2-8(3-5-10)11-9(6-13)7-15-12-11/h2-7H,1H3. The van der Waals surface area contributed by atoms with E-state index in [1.54, 1.807) is 19.2 Å². The van der Waals surface area contributed by atoms with E-state index in [4.69, 9.17) is 9.26 Å². The number of benzene rings is 1. The van der Waals surface area contributed by atoms with Crippen molar-refractivity contribution >= 4 is 6.29 Å². The van der Waals surface area contributed by atoms with E-state index >= 15 is 0 Å². The molecule has 0 unspecified atom stereocenters. The van der Waals surface area contributed by atoms with Crippen molar-refractivity contribution in [1.29, 1.82) is 0 Å². The molecule has 76 valence electrons. The predicted molar refractivity (Wildman–Crippen MR) is 53.9 cm³/mol. The minimum Gasteiger partial charge on any atom is -0.497 e. The van der Waals surface area contributed by atoms with Crippen LogP contribution in [0.2, 0.25) is 0 Å². The highest BCUT2D eigenvalue weighted by Crippen LogP contribution is 2.23. The van der Waals surface area contributed by atoms with Crippen molar-refractivity contribution in [2.75, 3.05) is 7.11 Å². The van der Waals surface area contributed by atoms with Gasteiger partial charge in [-0.3, -0.25) is 4.79 Å². The number of ether oxygens (including phenoxy) is 1. The van der Waals surface area contributed by atoms with Crippen molar-refractivity contribution in [2.45, 2.75) is 0 Å². The van der Waals surface area contributed by atoms with Gasteiger partial charge in [-0.15, -0.1) is 0 Å². The molecule has 15 heavy (non-hydrogen) atoms. The van der Waals surface area contributed by atoms with Crippen molar-refractivity contribution in [3.63, 3.8) is 0 Å².